The fourth-order valence-electron chi connectivity index (χ4n) is 1.66. The van der Waals surface area contributed by atoms with Gasteiger partial charge in [0.1, 0.15) is 6.04 Å². The minimum atomic E-state index is -0.416. The Hall–Kier alpha value is -1.33. The van der Waals surface area contributed by atoms with Crippen molar-refractivity contribution in [2.75, 3.05) is 5.32 Å². The second-order valence-corrected chi connectivity index (χ2v) is 5.87. The van der Waals surface area contributed by atoms with Crippen LogP contribution in [0.2, 0.25) is 5.02 Å². The van der Waals surface area contributed by atoms with Crippen molar-refractivity contribution in [1.82, 2.24) is 4.98 Å². The Morgan fingerprint density at radius 1 is 1.50 bits per heavy atom. The molecule has 1 heterocycles. The maximum Gasteiger partial charge on any atom is 0.240 e. The third-order valence-corrected chi connectivity index (χ3v) is 3.80. The van der Waals surface area contributed by atoms with Gasteiger partial charge in [0.05, 0.1) is 10.2 Å². The highest BCUT2D eigenvalue weighted by Crippen LogP contribution is 2.28. The molecule has 0 aliphatic rings. The third-order valence-electron chi connectivity index (χ3n) is 2.60. The fourth-order valence-corrected chi connectivity index (χ4v) is 2.71. The fraction of sp³-hybridized carbons (Fsp3) is 0.333. The Balaban J connectivity index is 2.28. The normalized spacial score (nSPS) is 12.9. The van der Waals surface area contributed by atoms with Crippen LogP contribution in [0.5, 0.6) is 0 Å². The number of thiazole rings is 1. The predicted octanol–water partition coefficient (Wildman–Crippen LogP) is 2.87. The number of amides is 1. The van der Waals surface area contributed by atoms with Crippen molar-refractivity contribution >= 4 is 44.2 Å². The molecular weight excluding hydrogens is 270 g/mol. The number of nitrogens with zero attached hydrogens (tertiary/aromatic N) is 1. The molecule has 2 aromatic rings. The molecule has 3 N–H and O–H groups in total. The second kappa shape index (κ2) is 5.12. The second-order valence-electron chi connectivity index (χ2n) is 4.40. The van der Waals surface area contributed by atoms with Gasteiger partial charge in [-0.15, -0.1) is 0 Å². The molecule has 0 bridgehead atoms. The van der Waals surface area contributed by atoms with Crippen molar-refractivity contribution in [2.24, 2.45) is 11.7 Å². The van der Waals surface area contributed by atoms with Crippen molar-refractivity contribution in [1.29, 1.82) is 0 Å². The first-order chi connectivity index (χ1) is 8.47. The first kappa shape index (κ1) is 13.1. The molecule has 1 amide bonds. The van der Waals surface area contributed by atoms with Crippen LogP contribution < -0.4 is 11.1 Å². The van der Waals surface area contributed by atoms with Gasteiger partial charge in [-0.25, -0.2) is 4.98 Å². The van der Waals surface area contributed by atoms with Gasteiger partial charge in [-0.2, -0.15) is 0 Å². The zero-order valence-electron chi connectivity index (χ0n) is 10.1. The van der Waals surface area contributed by atoms with E-state index < -0.39 is 6.04 Å². The summed E-state index contributed by atoms with van der Waals surface area (Å²) in [5, 5.41) is 4.41. The Morgan fingerprint density at radius 3 is 2.83 bits per heavy atom. The number of benzene rings is 1. The molecule has 0 spiro atoms. The predicted molar refractivity (Wildman–Crippen MR) is 76.1 cm³/mol. The van der Waals surface area contributed by atoms with Crippen LogP contribution >= 0.6 is 22.9 Å². The molecule has 2 rings (SSSR count). The number of hydrogen-bond acceptors (Lipinski definition) is 4. The van der Waals surface area contributed by atoms with Crippen LogP contribution in [0.15, 0.2) is 18.2 Å². The molecule has 0 saturated carbocycles. The number of halogens is 1. The maximum atomic E-state index is 11.3. The average molecular weight is 284 g/mol. The molecule has 0 aliphatic heterocycles. The number of aromatic nitrogens is 1. The first-order valence-electron chi connectivity index (χ1n) is 5.59. The number of rotatable bonds is 4. The van der Waals surface area contributed by atoms with Gasteiger partial charge >= 0.3 is 0 Å². The SMILES string of the molecule is CC(C)C(Nc1nc2cc(Cl)ccc2s1)C(N)=O. The maximum absolute atomic E-state index is 11.3. The number of nitrogens with one attached hydrogen (secondary N) is 1. The van der Waals surface area contributed by atoms with E-state index in [0.29, 0.717) is 10.2 Å². The van der Waals surface area contributed by atoms with Crippen LogP contribution in [0.25, 0.3) is 10.2 Å². The quantitative estimate of drug-likeness (QED) is 0.906. The lowest BCUT2D eigenvalue weighted by Gasteiger charge is -2.17. The highest BCUT2D eigenvalue weighted by atomic mass is 35.5. The molecule has 0 fully saturated rings. The molecule has 0 radical (unpaired) electrons. The minimum Gasteiger partial charge on any atom is -0.368 e. The molecule has 4 nitrogen and oxygen atoms in total. The zero-order chi connectivity index (χ0) is 13.3. The van der Waals surface area contributed by atoms with E-state index in [1.54, 1.807) is 6.07 Å². The highest BCUT2D eigenvalue weighted by molar-refractivity contribution is 7.22. The van der Waals surface area contributed by atoms with E-state index in [1.807, 2.05) is 26.0 Å². The van der Waals surface area contributed by atoms with E-state index in [0.717, 1.165) is 10.2 Å². The minimum absolute atomic E-state index is 0.109. The van der Waals surface area contributed by atoms with Crippen LogP contribution in [0.1, 0.15) is 13.8 Å². The van der Waals surface area contributed by atoms with Gasteiger partial charge in [-0.05, 0) is 24.1 Å². The molecule has 0 saturated heterocycles. The smallest absolute Gasteiger partial charge is 0.240 e. The van der Waals surface area contributed by atoms with Crippen molar-refractivity contribution < 1.29 is 4.79 Å². The molecular formula is C12H14ClN3OS. The number of hydrogen-bond donors (Lipinski definition) is 2. The third kappa shape index (κ3) is 2.73. The van der Waals surface area contributed by atoms with Gasteiger partial charge in [0.2, 0.25) is 5.91 Å². The van der Waals surface area contributed by atoms with Crippen LogP contribution in [0, 0.1) is 5.92 Å². The van der Waals surface area contributed by atoms with Gasteiger partial charge in [0, 0.05) is 5.02 Å². The van der Waals surface area contributed by atoms with E-state index in [1.165, 1.54) is 11.3 Å². The van der Waals surface area contributed by atoms with Crippen molar-refractivity contribution in [3.63, 3.8) is 0 Å². The molecule has 96 valence electrons. The van der Waals surface area contributed by atoms with Crippen LogP contribution in [0.3, 0.4) is 0 Å². The summed E-state index contributed by atoms with van der Waals surface area (Å²) in [6.45, 7) is 3.87. The number of nitrogens with two attached hydrogens (primary N) is 1. The van der Waals surface area contributed by atoms with Crippen LogP contribution in [0.4, 0.5) is 5.13 Å². The summed E-state index contributed by atoms with van der Waals surface area (Å²) in [4.78, 5) is 15.7. The lowest BCUT2D eigenvalue weighted by Crippen LogP contribution is -2.39. The Bertz CT molecular complexity index is 582. The van der Waals surface area contributed by atoms with Gasteiger partial charge in [0.15, 0.2) is 5.13 Å². The average Bonchev–Trinajstić information content (AvgIpc) is 2.66. The summed E-state index contributed by atoms with van der Waals surface area (Å²) in [6, 6.07) is 5.11. The van der Waals surface area contributed by atoms with E-state index in [9.17, 15) is 4.79 Å². The summed E-state index contributed by atoms with van der Waals surface area (Å²) in [5.41, 5.74) is 6.18. The molecule has 1 unspecified atom stereocenters. The van der Waals surface area contributed by atoms with E-state index in [2.05, 4.69) is 10.3 Å². The Morgan fingerprint density at radius 2 is 2.22 bits per heavy atom. The van der Waals surface area contributed by atoms with E-state index in [-0.39, 0.29) is 11.8 Å². The van der Waals surface area contributed by atoms with E-state index in [4.69, 9.17) is 17.3 Å². The summed E-state index contributed by atoms with van der Waals surface area (Å²) >= 11 is 7.39. The number of carbonyl (C=O) groups is 1. The van der Waals surface area contributed by atoms with Crippen molar-refractivity contribution in [3.8, 4) is 0 Å². The largest absolute Gasteiger partial charge is 0.368 e. The van der Waals surface area contributed by atoms with Gasteiger partial charge < -0.3 is 11.1 Å². The van der Waals surface area contributed by atoms with Gasteiger partial charge in [0.25, 0.3) is 0 Å². The number of anilines is 1. The standard InChI is InChI=1S/C12H14ClN3OS/c1-6(2)10(11(14)17)16-12-15-8-5-7(13)3-4-9(8)18-12/h3-6,10H,1-2H3,(H2,14,17)(H,15,16). The summed E-state index contributed by atoms with van der Waals surface area (Å²) in [7, 11) is 0. The monoisotopic (exact) mass is 283 g/mol. The van der Waals surface area contributed by atoms with Crippen LogP contribution in [-0.4, -0.2) is 16.9 Å². The Labute approximate surface area is 114 Å². The topological polar surface area (TPSA) is 68.0 Å². The van der Waals surface area contributed by atoms with Crippen LogP contribution in [-0.2, 0) is 4.79 Å². The molecule has 1 aromatic carbocycles. The zero-order valence-corrected chi connectivity index (χ0v) is 11.7. The molecule has 6 heteroatoms. The lowest BCUT2D eigenvalue weighted by molar-refractivity contribution is -0.119. The van der Waals surface area contributed by atoms with Gasteiger partial charge in [-0.1, -0.05) is 36.8 Å². The summed E-state index contributed by atoms with van der Waals surface area (Å²) in [5.74, 6) is -0.264. The molecule has 18 heavy (non-hydrogen) atoms. The molecule has 0 aliphatic carbocycles. The summed E-state index contributed by atoms with van der Waals surface area (Å²) < 4.78 is 1.02. The number of carbonyl (C=O) groups excluding carboxylic acids is 1. The van der Waals surface area contributed by atoms with Gasteiger partial charge in [-0.3, -0.25) is 4.79 Å². The summed E-state index contributed by atoms with van der Waals surface area (Å²) in [6.07, 6.45) is 0. The molecule has 1 aromatic heterocycles. The number of primary amides is 1. The number of fused-ring (bicyclic) bond motifs is 1. The molecule has 1 atom stereocenters. The first-order valence-corrected chi connectivity index (χ1v) is 6.79. The Kier molecular flexibility index (Phi) is 3.73. The lowest BCUT2D eigenvalue weighted by atomic mass is 10.0. The van der Waals surface area contributed by atoms with Crippen molar-refractivity contribution in [3.05, 3.63) is 23.2 Å². The van der Waals surface area contributed by atoms with Crippen molar-refractivity contribution in [2.45, 2.75) is 19.9 Å². The van der Waals surface area contributed by atoms with E-state index >= 15 is 0 Å². The highest BCUT2D eigenvalue weighted by Gasteiger charge is 2.20.